The van der Waals surface area contributed by atoms with Crippen LogP contribution in [0.15, 0.2) is 94.7 Å². The quantitative estimate of drug-likeness (QED) is 0.176. The van der Waals surface area contributed by atoms with E-state index in [2.05, 4.69) is 38.1 Å². The molecule has 186 valence electrons. The molecule has 0 amide bonds. The SMILES string of the molecule is CC(c1ccccc1)c1cc(CO)c(O)c(SSc2cc(C(C)c3ccccc3)cc(CO)c2O)c1. The maximum absolute atomic E-state index is 10.8. The second-order valence-corrected chi connectivity index (χ2v) is 11.0. The molecule has 0 saturated carbocycles. The minimum atomic E-state index is -0.274. The van der Waals surface area contributed by atoms with Gasteiger partial charge in [0.2, 0.25) is 0 Å². The molecular formula is C30H30O4S2. The van der Waals surface area contributed by atoms with Crippen molar-refractivity contribution in [2.45, 2.75) is 48.7 Å². The molecule has 0 saturated heterocycles. The third-order valence-corrected chi connectivity index (χ3v) is 8.91. The van der Waals surface area contributed by atoms with Crippen molar-refractivity contribution < 1.29 is 20.4 Å². The predicted octanol–water partition coefficient (Wildman–Crippen LogP) is 7.19. The van der Waals surface area contributed by atoms with Gasteiger partial charge in [-0.3, -0.25) is 0 Å². The Morgan fingerprint density at radius 1 is 0.556 bits per heavy atom. The zero-order chi connectivity index (χ0) is 25.7. The van der Waals surface area contributed by atoms with Crippen molar-refractivity contribution in [2.75, 3.05) is 0 Å². The van der Waals surface area contributed by atoms with Crippen molar-refractivity contribution in [2.24, 2.45) is 0 Å². The molecule has 4 nitrogen and oxygen atoms in total. The van der Waals surface area contributed by atoms with Crippen LogP contribution in [0.1, 0.15) is 59.1 Å². The fraction of sp³-hybridized carbons (Fsp3) is 0.200. The van der Waals surface area contributed by atoms with E-state index in [1.165, 1.54) is 21.6 Å². The van der Waals surface area contributed by atoms with Crippen LogP contribution in [0.25, 0.3) is 0 Å². The van der Waals surface area contributed by atoms with Gasteiger partial charge in [0, 0.05) is 23.0 Å². The van der Waals surface area contributed by atoms with Gasteiger partial charge in [0.25, 0.3) is 0 Å². The van der Waals surface area contributed by atoms with Crippen LogP contribution in [-0.2, 0) is 13.2 Å². The van der Waals surface area contributed by atoms with Crippen LogP contribution >= 0.6 is 21.6 Å². The molecule has 0 bridgehead atoms. The van der Waals surface area contributed by atoms with E-state index in [1.54, 1.807) is 0 Å². The van der Waals surface area contributed by atoms with E-state index in [-0.39, 0.29) is 36.5 Å². The Kier molecular flexibility index (Phi) is 8.64. The number of aliphatic hydroxyl groups excluding tert-OH is 2. The van der Waals surface area contributed by atoms with E-state index in [1.807, 2.05) is 60.7 Å². The van der Waals surface area contributed by atoms with Crippen molar-refractivity contribution in [3.05, 3.63) is 118 Å². The van der Waals surface area contributed by atoms with E-state index >= 15 is 0 Å². The lowest BCUT2D eigenvalue weighted by Gasteiger charge is -2.18. The molecule has 0 heterocycles. The lowest BCUT2D eigenvalue weighted by atomic mass is 9.92. The van der Waals surface area contributed by atoms with Crippen LogP contribution in [0.3, 0.4) is 0 Å². The number of hydrogen-bond acceptors (Lipinski definition) is 6. The Hall–Kier alpha value is -2.90. The van der Waals surface area contributed by atoms with E-state index in [0.29, 0.717) is 20.9 Å². The molecule has 4 aromatic rings. The molecule has 4 rings (SSSR count). The van der Waals surface area contributed by atoms with Gasteiger partial charge < -0.3 is 20.4 Å². The summed E-state index contributed by atoms with van der Waals surface area (Å²) in [6.07, 6.45) is 0. The summed E-state index contributed by atoms with van der Waals surface area (Å²) in [4.78, 5) is 1.21. The van der Waals surface area contributed by atoms with Crippen molar-refractivity contribution in [3.8, 4) is 11.5 Å². The van der Waals surface area contributed by atoms with Crippen LogP contribution in [-0.4, -0.2) is 20.4 Å². The van der Waals surface area contributed by atoms with Crippen molar-refractivity contribution in [1.29, 1.82) is 0 Å². The van der Waals surface area contributed by atoms with E-state index in [0.717, 1.165) is 22.3 Å². The van der Waals surface area contributed by atoms with E-state index < -0.39 is 0 Å². The molecule has 0 fully saturated rings. The summed E-state index contributed by atoms with van der Waals surface area (Å²) in [7, 11) is 2.64. The maximum atomic E-state index is 10.8. The molecule has 6 heteroatoms. The summed E-state index contributed by atoms with van der Waals surface area (Å²) in [5.74, 6) is 0.223. The average Bonchev–Trinajstić information content (AvgIpc) is 2.93. The summed E-state index contributed by atoms with van der Waals surface area (Å²) >= 11 is 0. The molecular weight excluding hydrogens is 488 g/mol. The Morgan fingerprint density at radius 3 is 1.25 bits per heavy atom. The average molecular weight is 519 g/mol. The van der Waals surface area contributed by atoms with Crippen molar-refractivity contribution in [3.63, 3.8) is 0 Å². The molecule has 0 spiro atoms. The molecule has 0 aliphatic heterocycles. The van der Waals surface area contributed by atoms with Crippen LogP contribution in [0.5, 0.6) is 11.5 Å². The second-order valence-electron chi connectivity index (χ2n) is 8.80. The minimum absolute atomic E-state index is 0.0368. The summed E-state index contributed by atoms with van der Waals surface area (Å²) in [6.45, 7) is 3.64. The normalized spacial score (nSPS) is 12.9. The Balaban J connectivity index is 1.65. The zero-order valence-electron chi connectivity index (χ0n) is 20.3. The largest absolute Gasteiger partial charge is 0.506 e. The van der Waals surface area contributed by atoms with Gasteiger partial charge >= 0.3 is 0 Å². The van der Waals surface area contributed by atoms with Crippen molar-refractivity contribution >= 4 is 21.6 Å². The molecule has 36 heavy (non-hydrogen) atoms. The molecule has 2 unspecified atom stereocenters. The highest BCUT2D eigenvalue weighted by molar-refractivity contribution is 8.76. The fourth-order valence-electron chi connectivity index (χ4n) is 4.20. The molecule has 0 aliphatic rings. The van der Waals surface area contributed by atoms with Crippen LogP contribution < -0.4 is 0 Å². The monoisotopic (exact) mass is 518 g/mol. The lowest BCUT2D eigenvalue weighted by Crippen LogP contribution is -1.99. The highest BCUT2D eigenvalue weighted by atomic mass is 33.1. The number of aromatic hydroxyl groups is 2. The first-order chi connectivity index (χ1) is 17.4. The van der Waals surface area contributed by atoms with Crippen molar-refractivity contribution in [1.82, 2.24) is 0 Å². The number of benzene rings is 4. The molecule has 0 aromatic heterocycles. The summed E-state index contributed by atoms with van der Waals surface area (Å²) < 4.78 is 0. The standard InChI is InChI=1S/C30H30O4S2/c1-19(21-9-5-3-6-10-21)23-13-25(17-31)29(33)27(15-23)35-36-28-16-24(14-26(18-32)30(28)34)20(2)22-11-7-4-8-12-22/h3-16,19-20,31-34H,17-18H2,1-2H3. The molecule has 0 radical (unpaired) electrons. The Bertz CT molecular complexity index is 1210. The third kappa shape index (κ3) is 5.73. The van der Waals surface area contributed by atoms with Gasteiger partial charge in [0.15, 0.2) is 0 Å². The molecule has 4 aromatic carbocycles. The van der Waals surface area contributed by atoms with Gasteiger partial charge in [-0.25, -0.2) is 0 Å². The Labute approximate surface area is 220 Å². The number of aliphatic hydroxyl groups is 2. The maximum Gasteiger partial charge on any atom is 0.135 e. The molecule has 0 aliphatic carbocycles. The molecule has 2 atom stereocenters. The van der Waals surface area contributed by atoms with Gasteiger partial charge in [-0.15, -0.1) is 0 Å². The van der Waals surface area contributed by atoms with Gasteiger partial charge in [-0.1, -0.05) is 74.5 Å². The van der Waals surface area contributed by atoms with E-state index in [9.17, 15) is 20.4 Å². The number of phenols is 2. The topological polar surface area (TPSA) is 80.9 Å². The number of rotatable bonds is 9. The number of hydrogen-bond donors (Lipinski definition) is 4. The van der Waals surface area contributed by atoms with Gasteiger partial charge in [0.1, 0.15) is 11.5 Å². The highest BCUT2D eigenvalue weighted by Gasteiger charge is 2.19. The van der Waals surface area contributed by atoms with Gasteiger partial charge in [-0.2, -0.15) is 0 Å². The van der Waals surface area contributed by atoms with Gasteiger partial charge in [0.05, 0.1) is 23.0 Å². The highest BCUT2D eigenvalue weighted by Crippen LogP contribution is 2.48. The van der Waals surface area contributed by atoms with Crippen LogP contribution in [0.2, 0.25) is 0 Å². The first-order valence-electron chi connectivity index (χ1n) is 11.8. The van der Waals surface area contributed by atoms with E-state index in [4.69, 9.17) is 0 Å². The van der Waals surface area contributed by atoms with Gasteiger partial charge in [-0.05, 0) is 68.1 Å². The smallest absolute Gasteiger partial charge is 0.135 e. The summed E-state index contributed by atoms with van der Waals surface area (Å²) in [5, 5.41) is 41.4. The Morgan fingerprint density at radius 2 is 0.917 bits per heavy atom. The second kappa shape index (κ2) is 11.9. The predicted molar refractivity (Wildman–Crippen MR) is 148 cm³/mol. The minimum Gasteiger partial charge on any atom is -0.506 e. The first kappa shape index (κ1) is 26.2. The lowest BCUT2D eigenvalue weighted by molar-refractivity contribution is 0.274. The molecule has 4 N–H and O–H groups in total. The fourth-order valence-corrected chi connectivity index (χ4v) is 6.47. The van der Waals surface area contributed by atoms with Crippen LogP contribution in [0.4, 0.5) is 0 Å². The summed E-state index contributed by atoms with van der Waals surface area (Å²) in [6, 6.07) is 27.7. The summed E-state index contributed by atoms with van der Waals surface area (Å²) in [5.41, 5.74) is 5.18. The first-order valence-corrected chi connectivity index (χ1v) is 14.0. The third-order valence-electron chi connectivity index (χ3n) is 6.51. The zero-order valence-corrected chi connectivity index (χ0v) is 21.9. The van der Waals surface area contributed by atoms with Crippen LogP contribution in [0, 0.1) is 0 Å².